The summed E-state index contributed by atoms with van der Waals surface area (Å²) in [6.45, 7) is 9.95. The Labute approximate surface area is 213 Å². The van der Waals surface area contributed by atoms with Crippen molar-refractivity contribution in [2.75, 3.05) is 6.61 Å². The van der Waals surface area contributed by atoms with Gasteiger partial charge in [0, 0.05) is 25.2 Å². The predicted molar refractivity (Wildman–Crippen MR) is 133 cm³/mol. The Balaban J connectivity index is 1.34. The minimum atomic E-state index is -0.590. The van der Waals surface area contributed by atoms with Gasteiger partial charge in [0.15, 0.2) is 0 Å². The molecule has 2 bridgehead atoms. The highest BCUT2D eigenvalue weighted by Gasteiger charge is 2.77. The van der Waals surface area contributed by atoms with Gasteiger partial charge in [0.05, 0.1) is 16.6 Å². The lowest BCUT2D eigenvalue weighted by atomic mass is 9.46. The van der Waals surface area contributed by atoms with E-state index >= 15 is 0 Å². The SMILES string of the molecule is CC(=O)OCC1=C(C)C[C@H]([C@@]2(C)O[C@@]34CC[C@@H]2[C@@]3(C)CC[C@H]2[C@H]4CC=C3C=CCC(=O)[C@@]32C)OC1=O. The van der Waals surface area contributed by atoms with Crippen LogP contribution in [0.2, 0.25) is 0 Å². The summed E-state index contributed by atoms with van der Waals surface area (Å²) in [5, 5.41) is 0. The Morgan fingerprint density at radius 1 is 1.14 bits per heavy atom. The summed E-state index contributed by atoms with van der Waals surface area (Å²) in [6, 6.07) is 0. The number of carbonyl (C=O) groups excluding carboxylic acids is 3. The van der Waals surface area contributed by atoms with Crippen molar-refractivity contribution in [3.8, 4) is 0 Å². The van der Waals surface area contributed by atoms with Gasteiger partial charge in [-0.3, -0.25) is 9.59 Å². The fraction of sp³-hybridized carbons (Fsp3) is 0.700. The monoisotopic (exact) mass is 494 g/mol. The maximum absolute atomic E-state index is 13.3. The lowest BCUT2D eigenvalue weighted by molar-refractivity contribution is -0.231. The highest BCUT2D eigenvalue weighted by atomic mass is 16.6. The number of ketones is 1. The Morgan fingerprint density at radius 3 is 2.64 bits per heavy atom. The number of esters is 2. The third-order valence-corrected chi connectivity index (χ3v) is 11.4. The first-order chi connectivity index (χ1) is 17.0. The van der Waals surface area contributed by atoms with Crippen molar-refractivity contribution >= 4 is 17.7 Å². The quantitative estimate of drug-likeness (QED) is 0.513. The van der Waals surface area contributed by atoms with E-state index < -0.39 is 23.0 Å². The molecule has 2 saturated carbocycles. The Bertz CT molecular complexity index is 1150. The van der Waals surface area contributed by atoms with E-state index in [1.165, 1.54) is 12.5 Å². The molecule has 2 aliphatic heterocycles. The molecule has 0 aromatic heterocycles. The van der Waals surface area contributed by atoms with Crippen LogP contribution < -0.4 is 0 Å². The summed E-state index contributed by atoms with van der Waals surface area (Å²) < 4.78 is 18.5. The summed E-state index contributed by atoms with van der Waals surface area (Å²) in [4.78, 5) is 37.6. The fourth-order valence-electron chi connectivity index (χ4n) is 9.48. The van der Waals surface area contributed by atoms with Crippen molar-refractivity contribution in [3.63, 3.8) is 0 Å². The van der Waals surface area contributed by atoms with E-state index in [-0.39, 0.29) is 41.5 Å². The molecule has 0 unspecified atom stereocenters. The zero-order chi connectivity index (χ0) is 25.7. The molecule has 6 nitrogen and oxygen atoms in total. The molecule has 36 heavy (non-hydrogen) atoms. The topological polar surface area (TPSA) is 78.9 Å². The van der Waals surface area contributed by atoms with Crippen LogP contribution in [-0.2, 0) is 28.6 Å². The third kappa shape index (κ3) is 2.85. The molecule has 194 valence electrons. The molecule has 6 rings (SSSR count). The van der Waals surface area contributed by atoms with Crippen LogP contribution >= 0.6 is 0 Å². The van der Waals surface area contributed by atoms with Crippen molar-refractivity contribution in [2.45, 2.75) is 96.9 Å². The summed E-state index contributed by atoms with van der Waals surface area (Å²) in [5.41, 5.74) is 1.19. The fourth-order valence-corrected chi connectivity index (χ4v) is 9.48. The van der Waals surface area contributed by atoms with Gasteiger partial charge in [-0.05, 0) is 76.2 Å². The van der Waals surface area contributed by atoms with Crippen LogP contribution in [0.4, 0.5) is 0 Å². The minimum absolute atomic E-state index is 0.0137. The molecule has 6 aliphatic rings. The molecule has 1 saturated heterocycles. The highest BCUT2D eigenvalue weighted by molar-refractivity contribution is 5.92. The van der Waals surface area contributed by atoms with Crippen molar-refractivity contribution in [1.82, 2.24) is 0 Å². The molecule has 0 amide bonds. The molecular weight excluding hydrogens is 456 g/mol. The normalized spacial score (nSPS) is 47.1. The molecule has 8 atom stereocenters. The van der Waals surface area contributed by atoms with Gasteiger partial charge < -0.3 is 14.2 Å². The maximum atomic E-state index is 13.3. The Kier molecular flexibility index (Phi) is 5.13. The van der Waals surface area contributed by atoms with Gasteiger partial charge >= 0.3 is 11.9 Å². The van der Waals surface area contributed by atoms with Gasteiger partial charge in [-0.2, -0.15) is 0 Å². The average Bonchev–Trinajstić information content (AvgIpc) is 3.22. The number of hydrogen-bond acceptors (Lipinski definition) is 6. The number of allylic oxidation sites excluding steroid dienone is 4. The molecule has 0 aromatic carbocycles. The van der Waals surface area contributed by atoms with E-state index in [1.54, 1.807) is 0 Å². The second kappa shape index (κ2) is 7.66. The first-order valence-corrected chi connectivity index (χ1v) is 13.6. The number of hydrogen-bond donors (Lipinski definition) is 0. The van der Waals surface area contributed by atoms with Crippen molar-refractivity contribution in [3.05, 3.63) is 34.9 Å². The summed E-state index contributed by atoms with van der Waals surface area (Å²) >= 11 is 0. The maximum Gasteiger partial charge on any atom is 0.337 e. The lowest BCUT2D eigenvalue weighted by Crippen LogP contribution is -2.60. The minimum Gasteiger partial charge on any atom is -0.461 e. The van der Waals surface area contributed by atoms with E-state index in [0.29, 0.717) is 24.2 Å². The van der Waals surface area contributed by atoms with Crippen molar-refractivity contribution < 1.29 is 28.6 Å². The zero-order valence-electron chi connectivity index (χ0n) is 22.1. The van der Waals surface area contributed by atoms with Crippen molar-refractivity contribution in [1.29, 1.82) is 0 Å². The van der Waals surface area contributed by atoms with Gasteiger partial charge in [0.1, 0.15) is 24.1 Å². The lowest BCUT2D eigenvalue weighted by Gasteiger charge is -2.59. The van der Waals surface area contributed by atoms with Crippen LogP contribution in [0.1, 0.15) is 79.6 Å². The Hall–Kier alpha value is -2.21. The van der Waals surface area contributed by atoms with Crippen LogP contribution in [0.15, 0.2) is 34.9 Å². The van der Waals surface area contributed by atoms with Gasteiger partial charge in [-0.25, -0.2) is 4.79 Å². The molecule has 0 spiro atoms. The summed E-state index contributed by atoms with van der Waals surface area (Å²) in [5.74, 6) is 0.357. The number of carbonyl (C=O) groups is 3. The third-order valence-electron chi connectivity index (χ3n) is 11.4. The van der Waals surface area contributed by atoms with E-state index in [1.807, 2.05) is 13.0 Å². The molecule has 3 fully saturated rings. The molecular formula is C30H38O6. The second-order valence-electron chi connectivity index (χ2n) is 12.7. The molecule has 0 N–H and O–H groups in total. The predicted octanol–water partition coefficient (Wildman–Crippen LogP) is 5.02. The number of ether oxygens (including phenoxy) is 3. The molecule has 0 aromatic rings. The largest absolute Gasteiger partial charge is 0.461 e. The van der Waals surface area contributed by atoms with Crippen LogP contribution in [-0.4, -0.2) is 41.6 Å². The van der Waals surface area contributed by atoms with Gasteiger partial charge in [0.2, 0.25) is 0 Å². The molecule has 4 aliphatic carbocycles. The molecule has 2 heterocycles. The van der Waals surface area contributed by atoms with Gasteiger partial charge in [-0.15, -0.1) is 0 Å². The smallest absolute Gasteiger partial charge is 0.337 e. The van der Waals surface area contributed by atoms with E-state index in [4.69, 9.17) is 14.2 Å². The van der Waals surface area contributed by atoms with Gasteiger partial charge in [-0.1, -0.05) is 30.7 Å². The highest BCUT2D eigenvalue weighted by Crippen LogP contribution is 2.75. The van der Waals surface area contributed by atoms with E-state index in [2.05, 4.69) is 32.9 Å². The number of cyclic esters (lactones) is 1. The van der Waals surface area contributed by atoms with E-state index in [9.17, 15) is 14.4 Å². The summed E-state index contributed by atoms with van der Waals surface area (Å²) in [7, 11) is 0. The zero-order valence-corrected chi connectivity index (χ0v) is 22.1. The molecule has 6 heteroatoms. The number of Topliss-reactive ketones (excluding diaryl/α,β-unsaturated/α-hetero) is 1. The van der Waals surface area contributed by atoms with Crippen LogP contribution in [0.3, 0.4) is 0 Å². The number of fused-ring (bicyclic) bond motifs is 3. The second-order valence-corrected chi connectivity index (χ2v) is 12.7. The van der Waals surface area contributed by atoms with Crippen LogP contribution in [0, 0.1) is 28.6 Å². The summed E-state index contributed by atoms with van der Waals surface area (Å²) in [6.07, 6.45) is 12.3. The van der Waals surface area contributed by atoms with Crippen LogP contribution in [0.5, 0.6) is 0 Å². The van der Waals surface area contributed by atoms with Gasteiger partial charge in [0.25, 0.3) is 0 Å². The van der Waals surface area contributed by atoms with Crippen LogP contribution in [0.25, 0.3) is 0 Å². The van der Waals surface area contributed by atoms with Crippen molar-refractivity contribution in [2.24, 2.45) is 28.6 Å². The average molecular weight is 495 g/mol. The number of rotatable bonds is 3. The standard InChI is InChI=1S/C30H38O6/c1-17-15-25(35-26(33)20(17)16-34-18(2)31)29(5)23-12-14-30(36-29)22-10-9-19-7-6-8-24(32)28(19,4)21(22)11-13-27(23,30)3/h6-7,9,21-23,25H,8,10-16H2,1-5H3/t21-,22+,23+,25+,27+,28-,29-,30+/m0/s1. The Morgan fingerprint density at radius 2 is 1.92 bits per heavy atom. The first kappa shape index (κ1) is 24.1. The molecule has 0 radical (unpaired) electrons. The van der Waals surface area contributed by atoms with E-state index in [0.717, 1.165) is 37.7 Å². The first-order valence-electron chi connectivity index (χ1n) is 13.6.